The third-order valence-electron chi connectivity index (χ3n) is 3.98. The number of hydrogen-bond donors (Lipinski definition) is 0. The van der Waals surface area contributed by atoms with Crippen molar-refractivity contribution < 1.29 is 16.8 Å². The Balaban J connectivity index is 2.06. The Morgan fingerprint density at radius 2 is 1.79 bits per heavy atom. The number of hydrogen-bond acceptors (Lipinski definition) is 4. The summed E-state index contributed by atoms with van der Waals surface area (Å²) >= 11 is 3.42. The van der Waals surface area contributed by atoms with E-state index in [1.807, 2.05) is 0 Å². The third kappa shape index (κ3) is 3.71. The molecule has 2 saturated heterocycles. The number of nitrogens with zero attached hydrogens (tertiary/aromatic N) is 1. The molecule has 1 unspecified atom stereocenters. The molecule has 0 aromatic carbocycles. The van der Waals surface area contributed by atoms with E-state index >= 15 is 0 Å². The molecule has 0 radical (unpaired) electrons. The number of sulfonamides is 1. The maximum Gasteiger partial charge on any atom is 0.217 e. The van der Waals surface area contributed by atoms with Crippen LogP contribution in [0.1, 0.15) is 25.7 Å². The summed E-state index contributed by atoms with van der Waals surface area (Å²) in [6.45, 7) is 1.14. The molecule has 0 aromatic rings. The Morgan fingerprint density at radius 1 is 1.16 bits per heavy atom. The van der Waals surface area contributed by atoms with Crippen LogP contribution < -0.4 is 0 Å². The Hall–Kier alpha value is 0.340. The van der Waals surface area contributed by atoms with E-state index in [1.165, 1.54) is 0 Å². The summed E-state index contributed by atoms with van der Waals surface area (Å²) in [7, 11) is -6.34. The maximum absolute atomic E-state index is 12.5. The summed E-state index contributed by atoms with van der Waals surface area (Å²) in [5.74, 6) is 0.384. The molecule has 2 aliphatic heterocycles. The molecular formula is C11H20BrNO4S2. The lowest BCUT2D eigenvalue weighted by Gasteiger charge is -2.34. The normalized spacial score (nSPS) is 30.3. The van der Waals surface area contributed by atoms with Crippen molar-refractivity contribution in [3.63, 3.8) is 0 Å². The number of piperidine rings is 1. The van der Waals surface area contributed by atoms with E-state index in [2.05, 4.69) is 15.9 Å². The molecule has 2 heterocycles. The van der Waals surface area contributed by atoms with Crippen molar-refractivity contribution >= 4 is 35.8 Å². The molecule has 2 aliphatic rings. The van der Waals surface area contributed by atoms with E-state index in [4.69, 9.17) is 0 Å². The fourth-order valence-electron chi connectivity index (χ4n) is 2.76. The van der Waals surface area contributed by atoms with Gasteiger partial charge in [0.15, 0.2) is 0 Å². The standard InChI is InChI=1S/C11H20BrNO4S2/c12-8-10-2-1-5-13(9-10)19(16,17)11-3-6-18(14,15)7-4-11/h10-11H,1-9H2. The lowest BCUT2D eigenvalue weighted by Crippen LogP contribution is -2.47. The molecule has 0 spiro atoms. The van der Waals surface area contributed by atoms with Crippen LogP contribution in [0.5, 0.6) is 0 Å². The zero-order valence-electron chi connectivity index (χ0n) is 10.8. The van der Waals surface area contributed by atoms with Crippen LogP contribution in [0.3, 0.4) is 0 Å². The van der Waals surface area contributed by atoms with Crippen LogP contribution in [0.2, 0.25) is 0 Å². The first-order valence-corrected chi connectivity index (χ1v) is 11.0. The predicted octanol–water partition coefficient (Wildman–Crippen LogP) is 1.00. The molecule has 0 amide bonds. The van der Waals surface area contributed by atoms with Gasteiger partial charge in [0.1, 0.15) is 9.84 Å². The minimum absolute atomic E-state index is 0.00656. The molecular weight excluding hydrogens is 354 g/mol. The lowest BCUT2D eigenvalue weighted by molar-refractivity contribution is 0.282. The van der Waals surface area contributed by atoms with Crippen LogP contribution in [-0.2, 0) is 19.9 Å². The number of sulfone groups is 1. The van der Waals surface area contributed by atoms with E-state index in [-0.39, 0.29) is 24.3 Å². The molecule has 8 heteroatoms. The quantitative estimate of drug-likeness (QED) is 0.691. The van der Waals surface area contributed by atoms with Gasteiger partial charge in [-0.1, -0.05) is 15.9 Å². The van der Waals surface area contributed by atoms with Gasteiger partial charge in [0, 0.05) is 18.4 Å². The zero-order valence-corrected chi connectivity index (χ0v) is 14.0. The molecule has 1 atom stereocenters. The van der Waals surface area contributed by atoms with Gasteiger partial charge in [-0.25, -0.2) is 21.1 Å². The average molecular weight is 374 g/mol. The molecule has 0 bridgehead atoms. The summed E-state index contributed by atoms with van der Waals surface area (Å²) in [5, 5.41) is 0.308. The van der Waals surface area contributed by atoms with Crippen molar-refractivity contribution in [3.8, 4) is 0 Å². The first kappa shape index (κ1) is 15.7. The summed E-state index contributed by atoms with van der Waals surface area (Å²) in [4.78, 5) is 0. The maximum atomic E-state index is 12.5. The van der Waals surface area contributed by atoms with Gasteiger partial charge in [-0.3, -0.25) is 0 Å². The second-order valence-electron chi connectivity index (χ2n) is 5.42. The van der Waals surface area contributed by atoms with Crippen LogP contribution in [0.4, 0.5) is 0 Å². The first-order chi connectivity index (χ1) is 8.85. The Labute approximate surface area is 123 Å². The van der Waals surface area contributed by atoms with Crippen molar-refractivity contribution in [2.24, 2.45) is 5.92 Å². The van der Waals surface area contributed by atoms with E-state index in [0.29, 0.717) is 19.0 Å². The number of rotatable bonds is 3. The van der Waals surface area contributed by atoms with Crippen LogP contribution in [0.15, 0.2) is 0 Å². The SMILES string of the molecule is O=S1(=O)CCC(S(=O)(=O)N2CCCC(CBr)C2)CC1. The highest BCUT2D eigenvalue weighted by Crippen LogP contribution is 2.27. The topological polar surface area (TPSA) is 71.5 Å². The van der Waals surface area contributed by atoms with Gasteiger partial charge in [-0.15, -0.1) is 0 Å². The van der Waals surface area contributed by atoms with Crippen LogP contribution in [-0.4, -0.2) is 56.3 Å². The number of alkyl halides is 1. The zero-order chi connectivity index (χ0) is 14.1. The molecule has 112 valence electrons. The van der Waals surface area contributed by atoms with Gasteiger partial charge in [0.2, 0.25) is 10.0 Å². The molecule has 0 saturated carbocycles. The monoisotopic (exact) mass is 373 g/mol. The second kappa shape index (κ2) is 5.99. The molecule has 2 fully saturated rings. The highest BCUT2D eigenvalue weighted by atomic mass is 79.9. The Morgan fingerprint density at radius 3 is 2.37 bits per heavy atom. The smallest absolute Gasteiger partial charge is 0.217 e. The second-order valence-corrected chi connectivity index (χ2v) is 10.6. The van der Waals surface area contributed by atoms with E-state index < -0.39 is 25.1 Å². The highest BCUT2D eigenvalue weighted by molar-refractivity contribution is 9.09. The van der Waals surface area contributed by atoms with Gasteiger partial charge in [0.25, 0.3) is 0 Å². The molecule has 0 aliphatic carbocycles. The molecule has 0 aromatic heterocycles. The van der Waals surface area contributed by atoms with Gasteiger partial charge in [-0.05, 0) is 31.6 Å². The molecule has 2 rings (SSSR count). The minimum atomic E-state index is -3.33. The minimum Gasteiger partial charge on any atom is -0.229 e. The lowest BCUT2D eigenvalue weighted by atomic mass is 10.0. The Bertz CT molecular complexity index is 503. The molecule has 5 nitrogen and oxygen atoms in total. The van der Waals surface area contributed by atoms with E-state index in [9.17, 15) is 16.8 Å². The largest absolute Gasteiger partial charge is 0.229 e. The van der Waals surface area contributed by atoms with Gasteiger partial charge < -0.3 is 0 Å². The summed E-state index contributed by atoms with van der Waals surface area (Å²) in [5.41, 5.74) is 0. The fourth-order valence-corrected chi connectivity index (χ4v) is 7.13. The molecule has 19 heavy (non-hydrogen) atoms. The third-order valence-corrected chi connectivity index (χ3v) is 8.98. The van der Waals surface area contributed by atoms with Gasteiger partial charge in [0.05, 0.1) is 16.8 Å². The van der Waals surface area contributed by atoms with Crippen LogP contribution in [0.25, 0.3) is 0 Å². The van der Waals surface area contributed by atoms with Crippen molar-refractivity contribution in [1.29, 1.82) is 0 Å². The first-order valence-electron chi connectivity index (χ1n) is 6.60. The van der Waals surface area contributed by atoms with Crippen molar-refractivity contribution in [3.05, 3.63) is 0 Å². The van der Waals surface area contributed by atoms with Gasteiger partial charge in [-0.2, -0.15) is 0 Å². The summed E-state index contributed by atoms with van der Waals surface area (Å²) in [6, 6.07) is 0. The van der Waals surface area contributed by atoms with Crippen molar-refractivity contribution in [1.82, 2.24) is 4.31 Å². The van der Waals surface area contributed by atoms with Gasteiger partial charge >= 0.3 is 0 Å². The predicted molar refractivity (Wildman–Crippen MR) is 78.7 cm³/mol. The number of halogens is 1. The fraction of sp³-hybridized carbons (Fsp3) is 1.00. The van der Waals surface area contributed by atoms with E-state index in [0.717, 1.165) is 18.2 Å². The van der Waals surface area contributed by atoms with Crippen molar-refractivity contribution in [2.45, 2.75) is 30.9 Å². The summed E-state index contributed by atoms with van der Waals surface area (Å²) in [6.07, 6.45) is 2.44. The van der Waals surface area contributed by atoms with Crippen molar-refractivity contribution in [2.75, 3.05) is 29.9 Å². The molecule has 0 N–H and O–H groups in total. The average Bonchev–Trinajstić information content (AvgIpc) is 2.38. The Kier molecular flexibility index (Phi) is 4.96. The van der Waals surface area contributed by atoms with Crippen LogP contribution in [0, 0.1) is 5.92 Å². The summed E-state index contributed by atoms with van der Waals surface area (Å²) < 4.78 is 49.4. The van der Waals surface area contributed by atoms with Crippen LogP contribution >= 0.6 is 15.9 Å². The van der Waals surface area contributed by atoms with E-state index in [1.54, 1.807) is 4.31 Å². The highest BCUT2D eigenvalue weighted by Gasteiger charge is 2.38.